The number of aryl methyl sites for hydroxylation is 1. The van der Waals surface area contributed by atoms with Gasteiger partial charge in [-0.2, -0.15) is 0 Å². The van der Waals surface area contributed by atoms with Crippen molar-refractivity contribution < 1.29 is 9.18 Å². The van der Waals surface area contributed by atoms with Gasteiger partial charge in [-0.25, -0.2) is 9.37 Å². The Hall–Kier alpha value is -3.00. The van der Waals surface area contributed by atoms with Gasteiger partial charge >= 0.3 is 0 Å². The van der Waals surface area contributed by atoms with Crippen LogP contribution in [-0.4, -0.2) is 48.9 Å². The third-order valence-corrected chi connectivity index (χ3v) is 7.40. The van der Waals surface area contributed by atoms with Gasteiger partial charge in [0.2, 0.25) is 11.1 Å². The summed E-state index contributed by atoms with van der Waals surface area (Å²) in [6.07, 6.45) is 2.82. The summed E-state index contributed by atoms with van der Waals surface area (Å²) in [7, 11) is 0. The smallest absolute Gasteiger partial charge is 0.236 e. The molecule has 2 aromatic heterocycles. The number of hydrogen-bond acceptors (Lipinski definition) is 5. The van der Waals surface area contributed by atoms with E-state index < -0.39 is 0 Å². The van der Waals surface area contributed by atoms with Gasteiger partial charge in [0.15, 0.2) is 5.65 Å². The number of carbonyl (C=O) groups excluding carboxylic acids is 1. The van der Waals surface area contributed by atoms with E-state index in [0.717, 1.165) is 42.4 Å². The van der Waals surface area contributed by atoms with Crippen LogP contribution in [0.5, 0.6) is 0 Å². The number of amides is 1. The topological polar surface area (TPSA) is 63.9 Å². The Labute approximate surface area is 196 Å². The van der Waals surface area contributed by atoms with Gasteiger partial charge in [-0.3, -0.25) is 4.79 Å². The predicted octanol–water partition coefficient (Wildman–Crippen LogP) is 4.97. The van der Waals surface area contributed by atoms with Crippen LogP contribution in [0.1, 0.15) is 37.3 Å². The molecule has 0 saturated carbocycles. The van der Waals surface area contributed by atoms with Gasteiger partial charge in [-0.15, -0.1) is 10.2 Å². The minimum absolute atomic E-state index is 0.145. The number of aromatic nitrogens is 4. The number of fused-ring (bicyclic) bond motifs is 3. The quantitative estimate of drug-likeness (QED) is 0.378. The first-order valence-electron chi connectivity index (χ1n) is 11.4. The lowest BCUT2D eigenvalue weighted by Gasteiger charge is -2.21. The molecule has 1 saturated heterocycles. The molecule has 1 aliphatic rings. The van der Waals surface area contributed by atoms with Crippen molar-refractivity contribution in [2.75, 3.05) is 13.1 Å². The molecular weight excluding hydrogens is 437 g/mol. The molecule has 3 heterocycles. The third-order valence-electron chi connectivity index (χ3n) is 6.20. The van der Waals surface area contributed by atoms with Gasteiger partial charge in [-0.1, -0.05) is 48.5 Å². The summed E-state index contributed by atoms with van der Waals surface area (Å²) in [6.45, 7) is 6.02. The second-order valence-electron chi connectivity index (χ2n) is 8.51. The molecule has 1 amide bonds. The lowest BCUT2D eigenvalue weighted by molar-refractivity contribution is -0.129. The van der Waals surface area contributed by atoms with Crippen LogP contribution in [0.3, 0.4) is 0 Å². The van der Waals surface area contributed by atoms with Crippen LogP contribution in [0.4, 0.5) is 4.39 Å². The molecule has 4 aromatic rings. The van der Waals surface area contributed by atoms with E-state index in [0.29, 0.717) is 34.8 Å². The summed E-state index contributed by atoms with van der Waals surface area (Å²) < 4.78 is 16.5. The van der Waals surface area contributed by atoms with Crippen molar-refractivity contribution in [3.63, 3.8) is 0 Å². The van der Waals surface area contributed by atoms with Crippen LogP contribution in [-0.2, 0) is 11.3 Å². The zero-order valence-corrected chi connectivity index (χ0v) is 19.6. The number of hydrogen-bond donors (Lipinski definition) is 0. The minimum Gasteiger partial charge on any atom is -0.342 e. The molecule has 0 spiro atoms. The Kier molecular flexibility index (Phi) is 6.01. The maximum Gasteiger partial charge on any atom is 0.236 e. The number of nitrogens with zero attached hydrogens (tertiary/aromatic N) is 5. The highest BCUT2D eigenvalue weighted by Crippen LogP contribution is 2.31. The molecule has 0 bridgehead atoms. The molecule has 33 heavy (non-hydrogen) atoms. The lowest BCUT2D eigenvalue weighted by Crippen LogP contribution is -2.35. The van der Waals surface area contributed by atoms with E-state index in [1.165, 1.54) is 17.8 Å². The number of carbonyl (C=O) groups is 1. The largest absolute Gasteiger partial charge is 0.342 e. The van der Waals surface area contributed by atoms with Gasteiger partial charge < -0.3 is 9.47 Å². The zero-order chi connectivity index (χ0) is 22.9. The zero-order valence-electron chi connectivity index (χ0n) is 18.8. The number of halogens is 1. The predicted molar refractivity (Wildman–Crippen MR) is 129 cm³/mol. The summed E-state index contributed by atoms with van der Waals surface area (Å²) >= 11 is 1.37. The molecule has 2 aromatic carbocycles. The van der Waals surface area contributed by atoms with Crippen molar-refractivity contribution in [1.82, 2.24) is 24.6 Å². The van der Waals surface area contributed by atoms with E-state index in [2.05, 4.69) is 16.3 Å². The highest BCUT2D eigenvalue weighted by Gasteiger charge is 2.27. The normalized spacial score (nSPS) is 14.9. The first-order chi connectivity index (χ1) is 16.0. The van der Waals surface area contributed by atoms with Gasteiger partial charge in [0.05, 0.1) is 17.3 Å². The van der Waals surface area contributed by atoms with Crippen LogP contribution in [0, 0.1) is 12.7 Å². The molecule has 1 fully saturated rings. The van der Waals surface area contributed by atoms with E-state index in [9.17, 15) is 9.18 Å². The van der Waals surface area contributed by atoms with Crippen LogP contribution in [0.2, 0.25) is 0 Å². The number of likely N-dealkylation sites (tertiary alicyclic amines) is 1. The molecule has 1 unspecified atom stereocenters. The van der Waals surface area contributed by atoms with E-state index >= 15 is 0 Å². The first-order valence-corrected chi connectivity index (χ1v) is 12.2. The second-order valence-corrected chi connectivity index (χ2v) is 9.68. The summed E-state index contributed by atoms with van der Waals surface area (Å²) in [6, 6.07) is 12.9. The number of rotatable bonds is 6. The van der Waals surface area contributed by atoms with E-state index in [1.807, 2.05) is 41.5 Å². The molecule has 8 heteroatoms. The molecule has 1 aliphatic heterocycles. The monoisotopic (exact) mass is 463 g/mol. The molecule has 170 valence electrons. The van der Waals surface area contributed by atoms with Crippen molar-refractivity contribution in [3.05, 3.63) is 59.4 Å². The number of thioether (sulfide) groups is 1. The van der Waals surface area contributed by atoms with Crippen molar-refractivity contribution in [2.24, 2.45) is 0 Å². The highest BCUT2D eigenvalue weighted by molar-refractivity contribution is 8.00. The molecule has 0 aliphatic carbocycles. The first kappa shape index (κ1) is 21.8. The van der Waals surface area contributed by atoms with Gasteiger partial charge in [0.25, 0.3) is 0 Å². The molecular formula is C25H26FN5OS. The Bertz CT molecular complexity index is 1330. The van der Waals surface area contributed by atoms with Crippen LogP contribution in [0.15, 0.2) is 47.6 Å². The average Bonchev–Trinajstić information content (AvgIpc) is 3.46. The Morgan fingerprint density at radius 3 is 2.70 bits per heavy atom. The molecule has 1 atom stereocenters. The maximum absolute atomic E-state index is 14.5. The fourth-order valence-corrected chi connectivity index (χ4v) is 5.34. The Balaban J connectivity index is 1.56. The summed E-state index contributed by atoms with van der Waals surface area (Å²) in [5.41, 5.74) is 3.96. The average molecular weight is 464 g/mol. The standard InChI is InChI=1S/C25H26FN5OS/c1-3-21(24(32)30-12-6-7-13-30)33-25-27-23-22(28-29-25)18-14-16(2)10-11-20(18)31(23)15-17-8-4-5-9-19(17)26/h4-5,8-11,14,21H,3,6-7,12-13,15H2,1-2H3. The summed E-state index contributed by atoms with van der Waals surface area (Å²) in [5.74, 6) is -0.107. The molecule has 5 rings (SSSR count). The molecule has 0 N–H and O–H groups in total. The molecule has 0 radical (unpaired) electrons. The minimum atomic E-state index is -0.251. The van der Waals surface area contributed by atoms with E-state index in [1.54, 1.807) is 12.1 Å². The van der Waals surface area contributed by atoms with Crippen molar-refractivity contribution >= 4 is 39.7 Å². The van der Waals surface area contributed by atoms with Crippen LogP contribution < -0.4 is 0 Å². The van der Waals surface area contributed by atoms with Gasteiger partial charge in [0, 0.05) is 24.0 Å². The third kappa shape index (κ3) is 4.19. The van der Waals surface area contributed by atoms with Crippen LogP contribution in [0.25, 0.3) is 22.1 Å². The van der Waals surface area contributed by atoms with Gasteiger partial charge in [0.1, 0.15) is 11.3 Å². The lowest BCUT2D eigenvalue weighted by atomic mass is 10.1. The van der Waals surface area contributed by atoms with E-state index in [-0.39, 0.29) is 17.0 Å². The summed E-state index contributed by atoms with van der Waals surface area (Å²) in [5, 5.41) is 10.0. The van der Waals surface area contributed by atoms with Crippen molar-refractivity contribution in [1.29, 1.82) is 0 Å². The van der Waals surface area contributed by atoms with Crippen molar-refractivity contribution in [2.45, 2.75) is 50.1 Å². The van der Waals surface area contributed by atoms with Crippen molar-refractivity contribution in [3.8, 4) is 0 Å². The fraction of sp³-hybridized carbons (Fsp3) is 0.360. The van der Waals surface area contributed by atoms with Gasteiger partial charge in [-0.05, 0) is 44.4 Å². The Morgan fingerprint density at radius 2 is 1.94 bits per heavy atom. The second kappa shape index (κ2) is 9.09. The molecule has 6 nitrogen and oxygen atoms in total. The highest BCUT2D eigenvalue weighted by atomic mass is 32.2. The fourth-order valence-electron chi connectivity index (χ4n) is 4.44. The Morgan fingerprint density at radius 1 is 1.15 bits per heavy atom. The van der Waals surface area contributed by atoms with E-state index in [4.69, 9.17) is 4.98 Å². The summed E-state index contributed by atoms with van der Waals surface area (Å²) in [4.78, 5) is 19.7. The SMILES string of the molecule is CCC(Sc1nnc2c3cc(C)ccc3n(Cc3ccccc3F)c2n1)C(=O)N1CCCC1. The maximum atomic E-state index is 14.5. The number of benzene rings is 2. The van der Waals surface area contributed by atoms with Crippen LogP contribution >= 0.6 is 11.8 Å².